The van der Waals surface area contributed by atoms with Crippen molar-refractivity contribution in [3.8, 4) is 0 Å². The van der Waals surface area contributed by atoms with Crippen LogP contribution in [-0.2, 0) is 10.0 Å². The molecule has 1 unspecified atom stereocenters. The molecule has 0 aliphatic heterocycles. The number of hydrogen-bond acceptors (Lipinski definition) is 3. The molecule has 0 radical (unpaired) electrons. The summed E-state index contributed by atoms with van der Waals surface area (Å²) in [5, 5.41) is 0.0573. The van der Waals surface area contributed by atoms with Crippen molar-refractivity contribution in [3.63, 3.8) is 0 Å². The van der Waals surface area contributed by atoms with Gasteiger partial charge in [-0.1, -0.05) is 63.1 Å². The van der Waals surface area contributed by atoms with E-state index in [2.05, 4.69) is 23.6 Å². The van der Waals surface area contributed by atoms with Crippen LogP contribution in [0.1, 0.15) is 38.3 Å². The number of hydrogen-bond donors (Lipinski definition) is 1. The topological polar surface area (TPSA) is 59.1 Å². The SMILES string of the molecule is CCC(CC)C(NS(=O)(=O)c1ccccn1)c1ccccc1. The second-order valence-electron chi connectivity index (χ2n) is 5.25. The van der Waals surface area contributed by atoms with E-state index in [0.29, 0.717) is 0 Å². The molecule has 0 bridgehead atoms. The molecule has 1 aromatic carbocycles. The van der Waals surface area contributed by atoms with Crippen LogP contribution in [0.3, 0.4) is 0 Å². The predicted molar refractivity (Wildman–Crippen MR) is 87.8 cm³/mol. The van der Waals surface area contributed by atoms with E-state index in [1.807, 2.05) is 30.3 Å². The lowest BCUT2D eigenvalue weighted by atomic mass is 9.90. The van der Waals surface area contributed by atoms with Gasteiger partial charge in [0.2, 0.25) is 0 Å². The lowest BCUT2D eigenvalue weighted by Crippen LogP contribution is -2.33. The van der Waals surface area contributed by atoms with Crippen LogP contribution in [0, 0.1) is 5.92 Å². The van der Waals surface area contributed by atoms with Gasteiger partial charge in [0, 0.05) is 12.2 Å². The molecule has 0 spiro atoms. The first kappa shape index (κ1) is 16.6. The number of benzene rings is 1. The summed E-state index contributed by atoms with van der Waals surface area (Å²) in [6.45, 7) is 4.17. The Morgan fingerprint density at radius 2 is 1.64 bits per heavy atom. The van der Waals surface area contributed by atoms with Crippen molar-refractivity contribution in [3.05, 3.63) is 60.3 Å². The van der Waals surface area contributed by atoms with Crippen molar-refractivity contribution in [2.75, 3.05) is 0 Å². The number of sulfonamides is 1. The Kier molecular flexibility index (Phi) is 5.69. The van der Waals surface area contributed by atoms with E-state index in [9.17, 15) is 8.42 Å². The molecule has 0 saturated heterocycles. The maximum Gasteiger partial charge on any atom is 0.258 e. The molecule has 22 heavy (non-hydrogen) atoms. The van der Waals surface area contributed by atoms with Gasteiger partial charge in [-0.2, -0.15) is 0 Å². The van der Waals surface area contributed by atoms with Crippen LogP contribution in [0.5, 0.6) is 0 Å². The maximum absolute atomic E-state index is 12.6. The van der Waals surface area contributed by atoms with Crippen LogP contribution >= 0.6 is 0 Å². The average Bonchev–Trinajstić information content (AvgIpc) is 2.56. The summed E-state index contributed by atoms with van der Waals surface area (Å²) < 4.78 is 28.0. The minimum Gasteiger partial charge on any atom is -0.243 e. The largest absolute Gasteiger partial charge is 0.258 e. The zero-order valence-corrected chi connectivity index (χ0v) is 13.8. The lowest BCUT2D eigenvalue weighted by molar-refractivity contribution is 0.377. The van der Waals surface area contributed by atoms with E-state index in [1.54, 1.807) is 12.1 Å². The molecule has 0 fully saturated rings. The molecule has 1 aromatic heterocycles. The van der Waals surface area contributed by atoms with Crippen LogP contribution < -0.4 is 4.72 Å². The molecule has 1 atom stereocenters. The monoisotopic (exact) mass is 318 g/mol. The Balaban J connectivity index is 2.35. The number of pyridine rings is 1. The van der Waals surface area contributed by atoms with E-state index in [1.165, 1.54) is 12.3 Å². The van der Waals surface area contributed by atoms with Crippen LogP contribution in [0.4, 0.5) is 0 Å². The van der Waals surface area contributed by atoms with Crippen LogP contribution in [0.2, 0.25) is 0 Å². The van der Waals surface area contributed by atoms with E-state index in [4.69, 9.17) is 0 Å². The summed E-state index contributed by atoms with van der Waals surface area (Å²) in [6.07, 6.45) is 3.30. The highest BCUT2D eigenvalue weighted by Crippen LogP contribution is 2.28. The van der Waals surface area contributed by atoms with Gasteiger partial charge in [0.05, 0.1) is 0 Å². The highest BCUT2D eigenvalue weighted by Gasteiger charge is 2.27. The van der Waals surface area contributed by atoms with Crippen molar-refractivity contribution in [2.45, 2.75) is 37.8 Å². The summed E-state index contributed by atoms with van der Waals surface area (Å²) in [6, 6.07) is 14.4. The minimum atomic E-state index is -3.63. The quantitative estimate of drug-likeness (QED) is 0.849. The number of nitrogens with one attached hydrogen (secondary N) is 1. The summed E-state index contributed by atoms with van der Waals surface area (Å²) >= 11 is 0. The van der Waals surface area contributed by atoms with Gasteiger partial charge < -0.3 is 0 Å². The molecule has 118 valence electrons. The third-order valence-electron chi connectivity index (χ3n) is 3.87. The van der Waals surface area contributed by atoms with Gasteiger partial charge in [0.1, 0.15) is 0 Å². The zero-order chi connectivity index (χ0) is 16.0. The molecule has 5 heteroatoms. The molecule has 0 amide bonds. The summed E-state index contributed by atoms with van der Waals surface area (Å²) in [5.74, 6) is 0.237. The number of rotatable bonds is 7. The highest BCUT2D eigenvalue weighted by atomic mass is 32.2. The normalized spacial score (nSPS) is 13.2. The van der Waals surface area contributed by atoms with Gasteiger partial charge in [-0.3, -0.25) is 0 Å². The van der Waals surface area contributed by atoms with Crippen LogP contribution in [0.15, 0.2) is 59.8 Å². The Hall–Kier alpha value is -1.72. The van der Waals surface area contributed by atoms with E-state index in [0.717, 1.165) is 18.4 Å². The first-order chi connectivity index (χ1) is 10.6. The Bertz CT molecular complexity index is 668. The molecule has 2 aromatic rings. The second-order valence-corrected chi connectivity index (χ2v) is 6.92. The van der Waals surface area contributed by atoms with Crippen LogP contribution in [0.25, 0.3) is 0 Å². The molecule has 0 aliphatic carbocycles. The Morgan fingerprint density at radius 1 is 1.00 bits per heavy atom. The van der Waals surface area contributed by atoms with Gasteiger partial charge >= 0.3 is 0 Å². The first-order valence-electron chi connectivity index (χ1n) is 7.56. The fraction of sp³-hybridized carbons (Fsp3) is 0.353. The predicted octanol–water partition coefficient (Wildman–Crippen LogP) is 3.54. The fourth-order valence-electron chi connectivity index (χ4n) is 2.59. The standard InChI is InChI=1S/C17H22N2O2S/c1-3-14(4-2)17(15-10-6-5-7-11-15)19-22(20,21)16-12-8-9-13-18-16/h5-14,17,19H,3-4H2,1-2H3. The molecular weight excluding hydrogens is 296 g/mol. The van der Waals surface area contributed by atoms with Crippen molar-refractivity contribution < 1.29 is 8.42 Å². The summed E-state index contributed by atoms with van der Waals surface area (Å²) in [4.78, 5) is 3.96. The average molecular weight is 318 g/mol. The van der Waals surface area contributed by atoms with Gasteiger partial charge in [0.25, 0.3) is 10.0 Å². The van der Waals surface area contributed by atoms with E-state index < -0.39 is 10.0 Å². The van der Waals surface area contributed by atoms with Gasteiger partial charge in [-0.05, 0) is 23.6 Å². The van der Waals surface area contributed by atoms with Gasteiger partial charge in [-0.15, -0.1) is 0 Å². The molecular formula is C17H22N2O2S. The smallest absolute Gasteiger partial charge is 0.243 e. The Labute approximate surface area is 132 Å². The van der Waals surface area contributed by atoms with Crippen molar-refractivity contribution in [1.29, 1.82) is 0 Å². The molecule has 0 aliphatic rings. The van der Waals surface area contributed by atoms with Crippen LogP contribution in [-0.4, -0.2) is 13.4 Å². The number of aromatic nitrogens is 1. The summed E-state index contributed by atoms with van der Waals surface area (Å²) in [5.41, 5.74) is 0.982. The van der Waals surface area contributed by atoms with Gasteiger partial charge in [-0.25, -0.2) is 18.1 Å². The van der Waals surface area contributed by atoms with Crippen molar-refractivity contribution in [1.82, 2.24) is 9.71 Å². The maximum atomic E-state index is 12.6. The van der Waals surface area contributed by atoms with Crippen molar-refractivity contribution in [2.24, 2.45) is 5.92 Å². The zero-order valence-electron chi connectivity index (χ0n) is 12.9. The number of nitrogens with zero attached hydrogens (tertiary/aromatic N) is 1. The fourth-order valence-corrected chi connectivity index (χ4v) is 3.83. The van der Waals surface area contributed by atoms with E-state index in [-0.39, 0.29) is 17.0 Å². The van der Waals surface area contributed by atoms with Crippen molar-refractivity contribution >= 4 is 10.0 Å². The first-order valence-corrected chi connectivity index (χ1v) is 9.05. The molecule has 1 heterocycles. The van der Waals surface area contributed by atoms with E-state index >= 15 is 0 Å². The third kappa shape index (κ3) is 3.93. The molecule has 0 saturated carbocycles. The third-order valence-corrected chi connectivity index (χ3v) is 5.23. The summed E-state index contributed by atoms with van der Waals surface area (Å²) in [7, 11) is -3.63. The Morgan fingerprint density at radius 3 is 2.18 bits per heavy atom. The van der Waals surface area contributed by atoms with Gasteiger partial charge in [0.15, 0.2) is 5.03 Å². The molecule has 1 N–H and O–H groups in total. The lowest BCUT2D eigenvalue weighted by Gasteiger charge is -2.26. The molecule has 4 nitrogen and oxygen atoms in total. The second kappa shape index (κ2) is 7.51. The minimum absolute atomic E-state index is 0.0573. The molecule has 2 rings (SSSR count). The highest BCUT2D eigenvalue weighted by molar-refractivity contribution is 7.89.